The first kappa shape index (κ1) is 14.8. The minimum atomic E-state index is -3.65. The quantitative estimate of drug-likeness (QED) is 0.844. The maximum absolute atomic E-state index is 12.1. The molecule has 0 radical (unpaired) electrons. The number of rotatable bonds is 4. The second-order valence-corrected chi connectivity index (χ2v) is 6.47. The van der Waals surface area contributed by atoms with E-state index < -0.39 is 9.84 Å². The van der Waals surface area contributed by atoms with Gasteiger partial charge in [-0.1, -0.05) is 17.7 Å². The largest absolute Gasteiger partial charge is 0.398 e. The van der Waals surface area contributed by atoms with Gasteiger partial charge in [0.25, 0.3) is 0 Å². The molecule has 0 unspecified atom stereocenters. The molecule has 0 saturated heterocycles. The third-order valence-electron chi connectivity index (χ3n) is 2.39. The number of benzene rings is 1. The van der Waals surface area contributed by atoms with Gasteiger partial charge in [-0.15, -0.1) is 0 Å². The lowest BCUT2D eigenvalue weighted by molar-refractivity contribution is -0.128. The molecule has 0 aliphatic rings. The molecule has 1 rings (SSSR count). The number of sulfone groups is 1. The van der Waals surface area contributed by atoms with Crippen molar-refractivity contribution in [2.24, 2.45) is 0 Å². The van der Waals surface area contributed by atoms with Crippen LogP contribution in [0.2, 0.25) is 5.02 Å². The maximum atomic E-state index is 12.1. The Bertz CT molecular complexity index is 535. The fourth-order valence-corrected chi connectivity index (χ4v) is 3.38. The molecule has 0 saturated carbocycles. The highest BCUT2D eigenvalue weighted by molar-refractivity contribution is 7.91. The summed E-state index contributed by atoms with van der Waals surface area (Å²) in [6.45, 7) is 0. The van der Waals surface area contributed by atoms with Crippen molar-refractivity contribution in [2.75, 3.05) is 25.6 Å². The fourth-order valence-electron chi connectivity index (χ4n) is 1.40. The Morgan fingerprint density at radius 1 is 1.39 bits per heavy atom. The maximum Gasteiger partial charge on any atom is 0.223 e. The van der Waals surface area contributed by atoms with Crippen LogP contribution in [0.25, 0.3) is 0 Å². The van der Waals surface area contributed by atoms with Crippen LogP contribution in [-0.2, 0) is 14.6 Å². The lowest BCUT2D eigenvalue weighted by Crippen LogP contribution is -2.24. The molecule has 0 aliphatic heterocycles. The van der Waals surface area contributed by atoms with E-state index >= 15 is 0 Å². The van der Waals surface area contributed by atoms with Gasteiger partial charge in [0.1, 0.15) is 4.90 Å². The first-order valence-corrected chi connectivity index (χ1v) is 7.25. The van der Waals surface area contributed by atoms with E-state index in [1.807, 2.05) is 0 Å². The third-order valence-corrected chi connectivity index (χ3v) is 4.64. The zero-order chi connectivity index (χ0) is 13.9. The Morgan fingerprint density at radius 3 is 2.50 bits per heavy atom. The Hall–Kier alpha value is -1.27. The van der Waals surface area contributed by atoms with Crippen LogP contribution in [0.5, 0.6) is 0 Å². The van der Waals surface area contributed by atoms with Gasteiger partial charge in [-0.3, -0.25) is 4.79 Å². The summed E-state index contributed by atoms with van der Waals surface area (Å²) in [5, 5.41) is 0.0762. The second kappa shape index (κ2) is 5.58. The normalized spacial score (nSPS) is 11.3. The van der Waals surface area contributed by atoms with Crippen LogP contribution >= 0.6 is 11.6 Å². The van der Waals surface area contributed by atoms with Crippen LogP contribution in [-0.4, -0.2) is 39.1 Å². The number of anilines is 1. The first-order valence-electron chi connectivity index (χ1n) is 5.22. The second-order valence-electron chi connectivity index (χ2n) is 4.02. The minimum Gasteiger partial charge on any atom is -0.398 e. The lowest BCUT2D eigenvalue weighted by atomic mass is 10.3. The fraction of sp³-hybridized carbons (Fsp3) is 0.364. The average Bonchev–Trinajstić information content (AvgIpc) is 2.25. The van der Waals surface area contributed by atoms with Crippen LogP contribution in [0.3, 0.4) is 0 Å². The van der Waals surface area contributed by atoms with Gasteiger partial charge in [0.2, 0.25) is 5.91 Å². The van der Waals surface area contributed by atoms with E-state index in [0.717, 1.165) is 0 Å². The summed E-state index contributed by atoms with van der Waals surface area (Å²) in [5.41, 5.74) is 5.71. The first-order chi connectivity index (χ1) is 8.25. The van der Waals surface area contributed by atoms with Crippen molar-refractivity contribution in [1.29, 1.82) is 0 Å². The van der Waals surface area contributed by atoms with Crippen LogP contribution in [0, 0.1) is 0 Å². The van der Waals surface area contributed by atoms with E-state index in [-0.39, 0.29) is 33.7 Å². The predicted molar refractivity (Wildman–Crippen MR) is 71.2 cm³/mol. The molecule has 0 heterocycles. The van der Waals surface area contributed by atoms with Crippen molar-refractivity contribution < 1.29 is 13.2 Å². The highest BCUT2D eigenvalue weighted by atomic mass is 35.5. The van der Waals surface area contributed by atoms with Crippen molar-refractivity contribution >= 4 is 33.0 Å². The van der Waals surface area contributed by atoms with Gasteiger partial charge < -0.3 is 10.6 Å². The smallest absolute Gasteiger partial charge is 0.223 e. The van der Waals surface area contributed by atoms with Gasteiger partial charge in [0.05, 0.1) is 16.5 Å². The number of carbonyl (C=O) groups is 1. The summed E-state index contributed by atoms with van der Waals surface area (Å²) in [4.78, 5) is 12.6. The molecule has 2 N–H and O–H groups in total. The summed E-state index contributed by atoms with van der Waals surface area (Å²) in [7, 11) is -0.518. The average molecular weight is 291 g/mol. The third kappa shape index (κ3) is 3.36. The molecular formula is C11H15ClN2O3S. The molecular weight excluding hydrogens is 276 g/mol. The summed E-state index contributed by atoms with van der Waals surface area (Å²) in [5.74, 6) is -0.568. The number of carbonyl (C=O) groups excluding carboxylic acids is 1. The van der Waals surface area contributed by atoms with Crippen molar-refractivity contribution in [2.45, 2.75) is 11.3 Å². The standard InChI is InChI=1S/C11H15ClN2O3S/c1-14(2)10(15)6-7-18(16,17)11-8(12)4-3-5-9(11)13/h3-5H,6-7,13H2,1-2H3. The zero-order valence-electron chi connectivity index (χ0n) is 10.2. The summed E-state index contributed by atoms with van der Waals surface area (Å²) < 4.78 is 24.1. The van der Waals surface area contributed by atoms with Crippen LogP contribution < -0.4 is 5.73 Å². The lowest BCUT2D eigenvalue weighted by Gasteiger charge is -2.12. The number of nitrogens with two attached hydrogens (primary N) is 1. The SMILES string of the molecule is CN(C)C(=O)CCS(=O)(=O)c1c(N)cccc1Cl. The minimum absolute atomic E-state index is 0.0762. The van der Waals surface area contributed by atoms with Crippen LogP contribution in [0.1, 0.15) is 6.42 Å². The van der Waals surface area contributed by atoms with Crippen LogP contribution in [0.15, 0.2) is 23.1 Å². The molecule has 0 aliphatic carbocycles. The Labute approximate surface area is 111 Å². The molecule has 0 fully saturated rings. The monoisotopic (exact) mass is 290 g/mol. The van der Waals surface area contributed by atoms with Gasteiger partial charge in [-0.25, -0.2) is 8.42 Å². The molecule has 18 heavy (non-hydrogen) atoms. The van der Waals surface area contributed by atoms with E-state index in [1.54, 1.807) is 20.2 Å². The van der Waals surface area contributed by atoms with E-state index in [0.29, 0.717) is 0 Å². The number of hydrogen-bond acceptors (Lipinski definition) is 4. The molecule has 0 bridgehead atoms. The number of hydrogen-bond donors (Lipinski definition) is 1. The molecule has 0 spiro atoms. The number of halogens is 1. The predicted octanol–water partition coefficient (Wildman–Crippen LogP) is 1.17. The van der Waals surface area contributed by atoms with Crippen molar-refractivity contribution in [3.8, 4) is 0 Å². The van der Waals surface area contributed by atoms with Gasteiger partial charge in [-0.05, 0) is 12.1 Å². The molecule has 1 aromatic rings. The Kier molecular flexibility index (Phi) is 4.59. The van der Waals surface area contributed by atoms with Crippen LogP contribution in [0.4, 0.5) is 5.69 Å². The van der Waals surface area contributed by atoms with E-state index in [4.69, 9.17) is 17.3 Å². The Morgan fingerprint density at radius 2 is 2.00 bits per heavy atom. The van der Waals surface area contributed by atoms with E-state index in [2.05, 4.69) is 0 Å². The zero-order valence-corrected chi connectivity index (χ0v) is 11.8. The van der Waals surface area contributed by atoms with E-state index in [9.17, 15) is 13.2 Å². The van der Waals surface area contributed by atoms with E-state index in [1.165, 1.54) is 17.0 Å². The molecule has 1 amide bonds. The molecule has 5 nitrogen and oxygen atoms in total. The molecule has 1 aromatic carbocycles. The number of amides is 1. The van der Waals surface area contributed by atoms with Crippen molar-refractivity contribution in [3.05, 3.63) is 23.2 Å². The van der Waals surface area contributed by atoms with Gasteiger partial charge in [0.15, 0.2) is 9.84 Å². The highest BCUT2D eigenvalue weighted by Gasteiger charge is 2.22. The van der Waals surface area contributed by atoms with Gasteiger partial charge in [-0.2, -0.15) is 0 Å². The number of nitrogen functional groups attached to an aromatic ring is 1. The number of nitrogens with zero attached hydrogens (tertiary/aromatic N) is 1. The Balaban J connectivity index is 2.98. The van der Waals surface area contributed by atoms with Crippen molar-refractivity contribution in [3.63, 3.8) is 0 Å². The summed E-state index contributed by atoms with van der Waals surface area (Å²) >= 11 is 5.84. The molecule has 0 atom stereocenters. The molecule has 0 aromatic heterocycles. The van der Waals surface area contributed by atoms with Gasteiger partial charge in [0, 0.05) is 20.5 Å². The summed E-state index contributed by atoms with van der Waals surface area (Å²) in [6, 6.07) is 4.49. The van der Waals surface area contributed by atoms with Gasteiger partial charge >= 0.3 is 0 Å². The van der Waals surface area contributed by atoms with Crippen molar-refractivity contribution in [1.82, 2.24) is 4.90 Å². The topological polar surface area (TPSA) is 80.5 Å². The molecule has 7 heteroatoms. The summed E-state index contributed by atoms with van der Waals surface area (Å²) in [6.07, 6.45) is -0.0972. The highest BCUT2D eigenvalue weighted by Crippen LogP contribution is 2.28. The molecule has 100 valence electrons.